The van der Waals surface area contributed by atoms with Crippen LogP contribution in [-0.4, -0.2) is 23.7 Å². The molecular weight excluding hydrogens is 264 g/mol. The average Bonchev–Trinajstić information content (AvgIpc) is 2.37. The summed E-state index contributed by atoms with van der Waals surface area (Å²) in [5.41, 5.74) is 1.17. The molecule has 1 aromatic rings. The van der Waals surface area contributed by atoms with Gasteiger partial charge in [0, 0.05) is 6.54 Å². The molecule has 4 nitrogen and oxygen atoms in total. The van der Waals surface area contributed by atoms with Crippen molar-refractivity contribution in [2.45, 2.75) is 25.8 Å². The third-order valence-electron chi connectivity index (χ3n) is 3.57. The SMILES string of the molecule is CC1CCCN(c2ccc(C#N)cc2Cl)C1C(=O)O. The number of nitrogens with zero attached hydrogens (tertiary/aromatic N) is 2. The zero-order chi connectivity index (χ0) is 14.0. The Labute approximate surface area is 117 Å². The van der Waals surface area contributed by atoms with Gasteiger partial charge in [-0.15, -0.1) is 0 Å². The van der Waals surface area contributed by atoms with Gasteiger partial charge in [0.25, 0.3) is 0 Å². The van der Waals surface area contributed by atoms with Crippen LogP contribution in [0, 0.1) is 17.2 Å². The highest BCUT2D eigenvalue weighted by molar-refractivity contribution is 6.33. The summed E-state index contributed by atoms with van der Waals surface area (Å²) in [5, 5.41) is 18.7. The van der Waals surface area contributed by atoms with Gasteiger partial charge in [0.15, 0.2) is 0 Å². The highest BCUT2D eigenvalue weighted by atomic mass is 35.5. The minimum Gasteiger partial charge on any atom is -0.480 e. The second-order valence-corrected chi connectivity index (χ2v) is 5.28. The highest BCUT2D eigenvalue weighted by Gasteiger charge is 2.35. The summed E-state index contributed by atoms with van der Waals surface area (Å²) in [6.07, 6.45) is 1.85. The van der Waals surface area contributed by atoms with E-state index in [0.29, 0.717) is 22.8 Å². The molecule has 0 radical (unpaired) electrons. The Morgan fingerprint density at radius 1 is 1.58 bits per heavy atom. The van der Waals surface area contributed by atoms with Crippen LogP contribution in [0.2, 0.25) is 5.02 Å². The molecule has 1 saturated heterocycles. The Balaban J connectivity index is 2.38. The largest absolute Gasteiger partial charge is 0.480 e. The highest BCUT2D eigenvalue weighted by Crippen LogP contribution is 2.34. The zero-order valence-corrected chi connectivity index (χ0v) is 11.4. The van der Waals surface area contributed by atoms with Crippen molar-refractivity contribution in [3.63, 3.8) is 0 Å². The van der Waals surface area contributed by atoms with Crippen LogP contribution in [0.1, 0.15) is 25.3 Å². The second-order valence-electron chi connectivity index (χ2n) is 4.87. The fourth-order valence-electron chi connectivity index (χ4n) is 2.64. The van der Waals surface area contributed by atoms with E-state index in [1.807, 2.05) is 17.9 Å². The number of carboxylic acids is 1. The Hall–Kier alpha value is -1.73. The third-order valence-corrected chi connectivity index (χ3v) is 3.88. The normalized spacial score (nSPS) is 22.9. The molecule has 0 saturated carbocycles. The monoisotopic (exact) mass is 278 g/mol. The number of benzene rings is 1. The Kier molecular flexibility index (Phi) is 3.96. The van der Waals surface area contributed by atoms with Crippen molar-refractivity contribution in [1.82, 2.24) is 0 Å². The van der Waals surface area contributed by atoms with Gasteiger partial charge >= 0.3 is 5.97 Å². The molecule has 1 heterocycles. The number of halogens is 1. The molecule has 0 bridgehead atoms. The van der Waals surface area contributed by atoms with Gasteiger partial charge in [-0.25, -0.2) is 4.79 Å². The minimum atomic E-state index is -0.826. The molecule has 0 aliphatic carbocycles. The van der Waals surface area contributed by atoms with Crippen molar-refractivity contribution in [1.29, 1.82) is 5.26 Å². The summed E-state index contributed by atoms with van der Waals surface area (Å²) < 4.78 is 0. The van der Waals surface area contributed by atoms with Crippen molar-refractivity contribution < 1.29 is 9.90 Å². The maximum absolute atomic E-state index is 11.4. The molecule has 5 heteroatoms. The summed E-state index contributed by atoms with van der Waals surface area (Å²) in [7, 11) is 0. The van der Waals surface area contributed by atoms with Crippen LogP contribution in [0.5, 0.6) is 0 Å². The molecule has 19 heavy (non-hydrogen) atoms. The van der Waals surface area contributed by atoms with Gasteiger partial charge < -0.3 is 10.0 Å². The first-order chi connectivity index (χ1) is 9.04. The maximum atomic E-state index is 11.4. The van der Waals surface area contributed by atoms with Gasteiger partial charge in [-0.1, -0.05) is 18.5 Å². The molecule has 2 unspecified atom stereocenters. The van der Waals surface area contributed by atoms with Crippen molar-refractivity contribution in [3.8, 4) is 6.07 Å². The van der Waals surface area contributed by atoms with Crippen molar-refractivity contribution in [3.05, 3.63) is 28.8 Å². The summed E-state index contributed by atoms with van der Waals surface area (Å²) in [5.74, 6) is -0.745. The Morgan fingerprint density at radius 3 is 2.89 bits per heavy atom. The van der Waals surface area contributed by atoms with Gasteiger partial charge in [-0.2, -0.15) is 5.26 Å². The number of anilines is 1. The number of hydrogen-bond donors (Lipinski definition) is 1. The molecule has 1 aliphatic heterocycles. The minimum absolute atomic E-state index is 0.0814. The molecule has 2 atom stereocenters. The molecule has 1 fully saturated rings. The molecule has 0 amide bonds. The van der Waals surface area contributed by atoms with Gasteiger partial charge in [0.05, 0.1) is 22.3 Å². The smallest absolute Gasteiger partial charge is 0.326 e. The van der Waals surface area contributed by atoms with Gasteiger partial charge in [-0.05, 0) is 37.0 Å². The van der Waals surface area contributed by atoms with E-state index < -0.39 is 12.0 Å². The molecule has 1 aromatic carbocycles. The summed E-state index contributed by atoms with van der Waals surface area (Å²) in [4.78, 5) is 13.3. The van der Waals surface area contributed by atoms with E-state index in [-0.39, 0.29) is 5.92 Å². The topological polar surface area (TPSA) is 64.3 Å². The predicted molar refractivity (Wildman–Crippen MR) is 73.3 cm³/mol. The van der Waals surface area contributed by atoms with Gasteiger partial charge in [0.2, 0.25) is 0 Å². The fourth-order valence-corrected chi connectivity index (χ4v) is 2.93. The lowest BCUT2D eigenvalue weighted by Crippen LogP contribution is -2.49. The van der Waals surface area contributed by atoms with Gasteiger partial charge in [-0.3, -0.25) is 0 Å². The van der Waals surface area contributed by atoms with E-state index >= 15 is 0 Å². The first kappa shape index (κ1) is 13.7. The number of hydrogen-bond acceptors (Lipinski definition) is 3. The van der Waals surface area contributed by atoms with E-state index in [4.69, 9.17) is 16.9 Å². The predicted octanol–water partition coefficient (Wildman–Crippen LogP) is 2.90. The second kappa shape index (κ2) is 5.50. The lowest BCUT2D eigenvalue weighted by molar-refractivity contribution is -0.140. The van der Waals surface area contributed by atoms with Crippen LogP contribution < -0.4 is 4.90 Å². The fraction of sp³-hybridized carbons (Fsp3) is 0.429. The summed E-state index contributed by atoms with van der Waals surface area (Å²) in [6.45, 7) is 2.62. The van der Waals surface area contributed by atoms with E-state index in [0.717, 1.165) is 12.8 Å². The van der Waals surface area contributed by atoms with Crippen LogP contribution in [0.15, 0.2) is 18.2 Å². The van der Waals surface area contributed by atoms with Crippen LogP contribution >= 0.6 is 11.6 Å². The van der Waals surface area contributed by atoms with E-state index in [2.05, 4.69) is 0 Å². The Bertz CT molecular complexity index is 539. The van der Waals surface area contributed by atoms with Crippen LogP contribution in [0.25, 0.3) is 0 Å². The Morgan fingerprint density at radius 2 is 2.32 bits per heavy atom. The third kappa shape index (κ3) is 2.66. The van der Waals surface area contributed by atoms with Crippen molar-refractivity contribution >= 4 is 23.3 Å². The van der Waals surface area contributed by atoms with E-state index in [1.165, 1.54) is 0 Å². The first-order valence-electron chi connectivity index (χ1n) is 6.23. The number of nitriles is 1. The summed E-state index contributed by atoms with van der Waals surface area (Å²) in [6, 6.07) is 6.44. The van der Waals surface area contributed by atoms with E-state index in [9.17, 15) is 9.90 Å². The molecule has 100 valence electrons. The standard InChI is InChI=1S/C14H15ClN2O2/c1-9-3-2-6-17(13(9)14(18)19)12-5-4-10(8-16)7-11(12)15/h4-5,7,9,13H,2-3,6H2,1H3,(H,18,19). The number of rotatable bonds is 2. The van der Waals surface area contributed by atoms with Crippen LogP contribution in [0.3, 0.4) is 0 Å². The quantitative estimate of drug-likeness (QED) is 0.903. The first-order valence-corrected chi connectivity index (χ1v) is 6.61. The number of piperidine rings is 1. The molecular formula is C14H15ClN2O2. The maximum Gasteiger partial charge on any atom is 0.326 e. The zero-order valence-electron chi connectivity index (χ0n) is 10.6. The number of aliphatic carboxylic acids is 1. The van der Waals surface area contributed by atoms with Crippen LogP contribution in [0.4, 0.5) is 5.69 Å². The van der Waals surface area contributed by atoms with E-state index in [1.54, 1.807) is 18.2 Å². The molecule has 0 spiro atoms. The molecule has 1 aliphatic rings. The summed E-state index contributed by atoms with van der Waals surface area (Å²) >= 11 is 6.17. The molecule has 2 rings (SSSR count). The molecule has 0 aromatic heterocycles. The lowest BCUT2D eigenvalue weighted by Gasteiger charge is -2.39. The van der Waals surface area contributed by atoms with Crippen LogP contribution in [-0.2, 0) is 4.79 Å². The average molecular weight is 279 g/mol. The number of carbonyl (C=O) groups is 1. The van der Waals surface area contributed by atoms with Crippen molar-refractivity contribution in [2.75, 3.05) is 11.4 Å². The van der Waals surface area contributed by atoms with Gasteiger partial charge in [0.1, 0.15) is 6.04 Å². The van der Waals surface area contributed by atoms with Crippen molar-refractivity contribution in [2.24, 2.45) is 5.92 Å². The molecule has 1 N–H and O–H groups in total. The lowest BCUT2D eigenvalue weighted by atomic mass is 9.90. The number of carboxylic acid groups (broad SMARTS) is 1.